The Kier molecular flexibility index (Phi) is 5.41. The van der Waals surface area contributed by atoms with E-state index in [0.717, 1.165) is 11.4 Å². The van der Waals surface area contributed by atoms with Crippen molar-refractivity contribution in [3.8, 4) is 0 Å². The van der Waals surface area contributed by atoms with Crippen molar-refractivity contribution < 1.29 is 19.1 Å². The first-order valence-corrected chi connectivity index (χ1v) is 7.28. The molecule has 0 atom stereocenters. The fraction of sp³-hybridized carbons (Fsp3) is 0.375. The highest BCUT2D eigenvalue weighted by atomic mass is 16.6. The van der Waals surface area contributed by atoms with Gasteiger partial charge in [0.25, 0.3) is 0 Å². The molecule has 6 nitrogen and oxygen atoms in total. The van der Waals surface area contributed by atoms with Crippen molar-refractivity contribution >= 4 is 11.9 Å². The van der Waals surface area contributed by atoms with Crippen LogP contribution in [0.3, 0.4) is 0 Å². The van der Waals surface area contributed by atoms with Crippen molar-refractivity contribution in [1.29, 1.82) is 0 Å². The van der Waals surface area contributed by atoms with E-state index in [1.54, 1.807) is 26.2 Å². The van der Waals surface area contributed by atoms with Gasteiger partial charge >= 0.3 is 11.9 Å². The van der Waals surface area contributed by atoms with Gasteiger partial charge in [0.15, 0.2) is 5.92 Å². The molecule has 0 unspecified atom stereocenters. The van der Waals surface area contributed by atoms with Crippen LogP contribution < -0.4 is 0 Å². The van der Waals surface area contributed by atoms with E-state index in [0.29, 0.717) is 0 Å². The van der Waals surface area contributed by atoms with Crippen LogP contribution in [0.15, 0.2) is 36.7 Å². The van der Waals surface area contributed by atoms with Gasteiger partial charge in [-0.1, -0.05) is 0 Å². The largest absolute Gasteiger partial charge is 0.465 e. The Morgan fingerprint density at radius 2 is 1.41 bits per heavy atom. The van der Waals surface area contributed by atoms with Crippen LogP contribution in [0.2, 0.25) is 0 Å². The SMILES string of the molecule is CCOC(=O)C(C(=O)OCC)C(c1ccc[nH]1)c1ccc[nH]1. The van der Waals surface area contributed by atoms with Gasteiger partial charge in [-0.3, -0.25) is 9.59 Å². The molecule has 2 aromatic rings. The van der Waals surface area contributed by atoms with E-state index >= 15 is 0 Å². The minimum Gasteiger partial charge on any atom is -0.465 e. The van der Waals surface area contributed by atoms with E-state index in [4.69, 9.17) is 9.47 Å². The molecule has 0 bridgehead atoms. The molecule has 0 aromatic carbocycles. The maximum Gasteiger partial charge on any atom is 0.321 e. The number of H-pyrrole nitrogens is 2. The Bertz CT molecular complexity index is 537. The van der Waals surface area contributed by atoms with Gasteiger partial charge in [0.2, 0.25) is 0 Å². The molecule has 0 fully saturated rings. The fourth-order valence-corrected chi connectivity index (χ4v) is 2.43. The molecular weight excluding hydrogens is 284 g/mol. The second-order valence-corrected chi connectivity index (χ2v) is 4.71. The molecule has 2 heterocycles. The number of ether oxygens (including phenoxy) is 2. The third-order valence-corrected chi connectivity index (χ3v) is 3.33. The smallest absolute Gasteiger partial charge is 0.321 e. The zero-order chi connectivity index (χ0) is 15.9. The molecular formula is C16H20N2O4. The highest BCUT2D eigenvalue weighted by molar-refractivity contribution is 5.96. The lowest BCUT2D eigenvalue weighted by Crippen LogP contribution is -2.34. The van der Waals surface area contributed by atoms with E-state index in [1.807, 2.05) is 24.3 Å². The van der Waals surface area contributed by atoms with Crippen molar-refractivity contribution in [2.24, 2.45) is 5.92 Å². The van der Waals surface area contributed by atoms with E-state index in [9.17, 15) is 9.59 Å². The van der Waals surface area contributed by atoms with Gasteiger partial charge in [-0.25, -0.2) is 0 Å². The number of nitrogens with one attached hydrogen (secondary N) is 2. The molecule has 0 aliphatic heterocycles. The second-order valence-electron chi connectivity index (χ2n) is 4.71. The molecule has 0 aliphatic carbocycles. The summed E-state index contributed by atoms with van der Waals surface area (Å²) in [6.07, 6.45) is 3.50. The van der Waals surface area contributed by atoms with Crippen LogP contribution in [0.5, 0.6) is 0 Å². The minimum absolute atomic E-state index is 0.205. The third-order valence-electron chi connectivity index (χ3n) is 3.33. The number of hydrogen-bond donors (Lipinski definition) is 2. The summed E-state index contributed by atoms with van der Waals surface area (Å²) in [5, 5.41) is 0. The van der Waals surface area contributed by atoms with Gasteiger partial charge in [-0.05, 0) is 38.1 Å². The second kappa shape index (κ2) is 7.49. The molecule has 22 heavy (non-hydrogen) atoms. The summed E-state index contributed by atoms with van der Waals surface area (Å²) >= 11 is 0. The number of rotatable bonds is 7. The normalized spacial score (nSPS) is 10.9. The number of aromatic amines is 2. The molecule has 6 heteroatoms. The molecule has 0 saturated carbocycles. The number of carbonyl (C=O) groups is 2. The van der Waals surface area contributed by atoms with Crippen LogP contribution >= 0.6 is 0 Å². The monoisotopic (exact) mass is 304 g/mol. The van der Waals surface area contributed by atoms with Crippen molar-refractivity contribution in [3.63, 3.8) is 0 Å². The van der Waals surface area contributed by atoms with E-state index in [2.05, 4.69) is 9.97 Å². The molecule has 2 N–H and O–H groups in total. The number of carbonyl (C=O) groups excluding carboxylic acids is 2. The van der Waals surface area contributed by atoms with Crippen LogP contribution in [0.1, 0.15) is 31.2 Å². The Balaban J connectivity index is 2.43. The summed E-state index contributed by atoms with van der Waals surface area (Å²) in [4.78, 5) is 30.8. The molecule has 2 rings (SSSR count). The molecule has 118 valence electrons. The first-order valence-electron chi connectivity index (χ1n) is 7.28. The summed E-state index contributed by atoms with van der Waals surface area (Å²) in [5.74, 6) is -2.74. The first kappa shape index (κ1) is 15.9. The van der Waals surface area contributed by atoms with Crippen LogP contribution in [0.4, 0.5) is 0 Å². The molecule has 0 amide bonds. The topological polar surface area (TPSA) is 84.2 Å². The lowest BCUT2D eigenvalue weighted by atomic mass is 9.86. The van der Waals surface area contributed by atoms with Crippen molar-refractivity contribution in [1.82, 2.24) is 9.97 Å². The van der Waals surface area contributed by atoms with E-state index < -0.39 is 23.8 Å². The Morgan fingerprint density at radius 1 is 0.955 bits per heavy atom. The average Bonchev–Trinajstić information content (AvgIpc) is 3.18. The Morgan fingerprint density at radius 3 is 1.73 bits per heavy atom. The quantitative estimate of drug-likeness (QED) is 0.607. The van der Waals surface area contributed by atoms with Gasteiger partial charge in [0.05, 0.1) is 19.1 Å². The molecule has 0 spiro atoms. The average molecular weight is 304 g/mol. The van der Waals surface area contributed by atoms with Gasteiger partial charge in [0.1, 0.15) is 0 Å². The zero-order valence-electron chi connectivity index (χ0n) is 12.7. The number of aromatic nitrogens is 2. The lowest BCUT2D eigenvalue weighted by molar-refractivity contribution is -0.162. The summed E-state index contributed by atoms with van der Waals surface area (Å²) in [5.41, 5.74) is 1.49. The maximum absolute atomic E-state index is 12.3. The van der Waals surface area contributed by atoms with Crippen molar-refractivity contribution in [2.75, 3.05) is 13.2 Å². The first-order chi connectivity index (χ1) is 10.7. The Hall–Kier alpha value is -2.50. The number of esters is 2. The van der Waals surface area contributed by atoms with Gasteiger partial charge < -0.3 is 19.4 Å². The summed E-state index contributed by atoms with van der Waals surface area (Å²) < 4.78 is 10.2. The minimum atomic E-state index is -1.06. The van der Waals surface area contributed by atoms with Crippen molar-refractivity contribution in [3.05, 3.63) is 48.0 Å². The van der Waals surface area contributed by atoms with Crippen LogP contribution in [0.25, 0.3) is 0 Å². The zero-order valence-corrected chi connectivity index (χ0v) is 12.7. The predicted octanol–water partition coefficient (Wildman–Crippen LogP) is 2.22. The highest BCUT2D eigenvalue weighted by Crippen LogP contribution is 2.32. The number of hydrogen-bond acceptors (Lipinski definition) is 4. The Labute approximate surface area is 128 Å². The van der Waals surface area contributed by atoms with Crippen LogP contribution in [-0.2, 0) is 19.1 Å². The van der Waals surface area contributed by atoms with E-state index in [1.165, 1.54) is 0 Å². The van der Waals surface area contributed by atoms with Gasteiger partial charge in [-0.15, -0.1) is 0 Å². The van der Waals surface area contributed by atoms with Gasteiger partial charge in [-0.2, -0.15) is 0 Å². The maximum atomic E-state index is 12.3. The predicted molar refractivity (Wildman–Crippen MR) is 80.2 cm³/mol. The fourth-order valence-electron chi connectivity index (χ4n) is 2.43. The molecule has 0 radical (unpaired) electrons. The molecule has 2 aromatic heterocycles. The van der Waals surface area contributed by atoms with E-state index in [-0.39, 0.29) is 13.2 Å². The summed E-state index contributed by atoms with van der Waals surface area (Å²) in [7, 11) is 0. The van der Waals surface area contributed by atoms with Crippen LogP contribution in [0, 0.1) is 5.92 Å². The lowest BCUT2D eigenvalue weighted by Gasteiger charge is -2.23. The summed E-state index contributed by atoms with van der Waals surface area (Å²) in [6, 6.07) is 7.30. The van der Waals surface area contributed by atoms with Gasteiger partial charge in [0, 0.05) is 23.8 Å². The summed E-state index contributed by atoms with van der Waals surface area (Å²) in [6.45, 7) is 3.82. The standard InChI is InChI=1S/C16H20N2O4/c1-3-21-15(19)14(16(20)22-4-2)13(11-7-5-9-17-11)12-8-6-10-18-12/h5-10,13-14,17-18H,3-4H2,1-2H3. The molecule has 0 aliphatic rings. The highest BCUT2D eigenvalue weighted by Gasteiger charge is 2.40. The third kappa shape index (κ3) is 3.39. The molecule has 0 saturated heterocycles. The van der Waals surface area contributed by atoms with Crippen molar-refractivity contribution in [2.45, 2.75) is 19.8 Å². The van der Waals surface area contributed by atoms with Crippen LogP contribution in [-0.4, -0.2) is 35.1 Å².